The quantitative estimate of drug-likeness (QED) is 0.831. The molecule has 0 saturated carbocycles. The SMILES string of the molecule is CCc1nc2c(cnn2CC(F)F)c(=O)n1CC. The van der Waals surface area contributed by atoms with Crippen LogP contribution >= 0.6 is 0 Å². The van der Waals surface area contributed by atoms with Crippen LogP contribution in [0.5, 0.6) is 0 Å². The number of rotatable bonds is 4. The molecule has 0 amide bonds. The fourth-order valence-corrected chi connectivity index (χ4v) is 1.95. The summed E-state index contributed by atoms with van der Waals surface area (Å²) in [5.41, 5.74) is 0.0155. The Balaban J connectivity index is 2.68. The van der Waals surface area contributed by atoms with Crippen molar-refractivity contribution in [3.8, 4) is 0 Å². The monoisotopic (exact) mass is 256 g/mol. The van der Waals surface area contributed by atoms with E-state index in [0.717, 1.165) is 4.68 Å². The van der Waals surface area contributed by atoms with Gasteiger partial charge >= 0.3 is 0 Å². The van der Waals surface area contributed by atoms with E-state index in [1.165, 1.54) is 10.8 Å². The van der Waals surface area contributed by atoms with Crippen molar-refractivity contribution in [2.24, 2.45) is 0 Å². The van der Waals surface area contributed by atoms with Gasteiger partial charge in [0.05, 0.1) is 6.20 Å². The highest BCUT2D eigenvalue weighted by Gasteiger charge is 2.15. The summed E-state index contributed by atoms with van der Waals surface area (Å²) in [6, 6.07) is 0. The summed E-state index contributed by atoms with van der Waals surface area (Å²) in [5.74, 6) is 0.589. The van der Waals surface area contributed by atoms with Gasteiger partial charge in [-0.25, -0.2) is 18.4 Å². The van der Waals surface area contributed by atoms with Crippen LogP contribution in [0.3, 0.4) is 0 Å². The van der Waals surface area contributed by atoms with Crippen LogP contribution in [0.4, 0.5) is 8.78 Å². The summed E-state index contributed by atoms with van der Waals surface area (Å²) in [4.78, 5) is 16.4. The Morgan fingerprint density at radius 1 is 1.39 bits per heavy atom. The molecule has 2 aromatic heterocycles. The Labute approximate surface area is 102 Å². The highest BCUT2D eigenvalue weighted by Crippen LogP contribution is 2.10. The number of fused-ring (bicyclic) bond motifs is 1. The number of nitrogens with zero attached hydrogens (tertiary/aromatic N) is 4. The predicted molar refractivity (Wildman–Crippen MR) is 62.8 cm³/mol. The van der Waals surface area contributed by atoms with Crippen molar-refractivity contribution < 1.29 is 8.78 Å². The topological polar surface area (TPSA) is 52.7 Å². The summed E-state index contributed by atoms with van der Waals surface area (Å²) in [6.45, 7) is 3.67. The zero-order chi connectivity index (χ0) is 13.3. The fourth-order valence-electron chi connectivity index (χ4n) is 1.95. The lowest BCUT2D eigenvalue weighted by Crippen LogP contribution is -2.24. The molecule has 0 fully saturated rings. The van der Waals surface area contributed by atoms with Gasteiger partial charge in [-0.15, -0.1) is 0 Å². The molecule has 2 aromatic rings. The van der Waals surface area contributed by atoms with Crippen LogP contribution in [0, 0.1) is 0 Å². The fraction of sp³-hybridized carbons (Fsp3) is 0.545. The first-order chi connectivity index (χ1) is 8.58. The first-order valence-corrected chi connectivity index (χ1v) is 5.81. The summed E-state index contributed by atoms with van der Waals surface area (Å²) < 4.78 is 27.4. The highest BCUT2D eigenvalue weighted by atomic mass is 19.3. The van der Waals surface area contributed by atoms with E-state index in [9.17, 15) is 13.6 Å². The second-order valence-corrected chi connectivity index (χ2v) is 3.89. The van der Waals surface area contributed by atoms with Gasteiger partial charge in [-0.05, 0) is 6.92 Å². The van der Waals surface area contributed by atoms with Crippen molar-refractivity contribution in [2.75, 3.05) is 0 Å². The molecule has 0 bridgehead atoms. The minimum atomic E-state index is -2.52. The molecular weight excluding hydrogens is 242 g/mol. The second kappa shape index (κ2) is 4.83. The molecule has 2 heterocycles. The van der Waals surface area contributed by atoms with Gasteiger partial charge in [-0.1, -0.05) is 6.92 Å². The molecule has 0 aliphatic heterocycles. The largest absolute Gasteiger partial charge is 0.296 e. The van der Waals surface area contributed by atoms with Crippen LogP contribution in [0.1, 0.15) is 19.7 Å². The van der Waals surface area contributed by atoms with E-state index in [4.69, 9.17) is 0 Å². The first kappa shape index (κ1) is 12.7. The lowest BCUT2D eigenvalue weighted by atomic mass is 10.3. The van der Waals surface area contributed by atoms with Gasteiger partial charge in [-0.3, -0.25) is 9.36 Å². The molecule has 0 N–H and O–H groups in total. The van der Waals surface area contributed by atoms with Crippen LogP contribution in [-0.2, 0) is 19.5 Å². The zero-order valence-corrected chi connectivity index (χ0v) is 10.2. The summed E-state index contributed by atoms with van der Waals surface area (Å²) >= 11 is 0. The third-order valence-corrected chi connectivity index (χ3v) is 2.78. The lowest BCUT2D eigenvalue weighted by Gasteiger charge is -2.09. The molecule has 98 valence electrons. The summed E-state index contributed by atoms with van der Waals surface area (Å²) in [5, 5.41) is 4.09. The first-order valence-electron chi connectivity index (χ1n) is 5.81. The predicted octanol–water partition coefficient (Wildman–Crippen LogP) is 1.44. The van der Waals surface area contributed by atoms with Crippen molar-refractivity contribution in [2.45, 2.75) is 39.8 Å². The Morgan fingerprint density at radius 3 is 2.67 bits per heavy atom. The molecule has 0 radical (unpaired) electrons. The maximum atomic E-state index is 12.4. The molecule has 0 unspecified atom stereocenters. The Bertz CT molecular complexity index is 617. The molecule has 0 spiro atoms. The Hall–Kier alpha value is -1.79. The van der Waals surface area contributed by atoms with Crippen molar-refractivity contribution in [1.82, 2.24) is 19.3 Å². The molecular formula is C11H14F2N4O. The van der Waals surface area contributed by atoms with Gasteiger partial charge in [0.25, 0.3) is 12.0 Å². The smallest absolute Gasteiger partial charge is 0.264 e. The molecule has 0 aliphatic carbocycles. The molecule has 0 atom stereocenters. The van der Waals surface area contributed by atoms with Crippen LogP contribution < -0.4 is 5.56 Å². The van der Waals surface area contributed by atoms with Crippen molar-refractivity contribution in [3.63, 3.8) is 0 Å². The average molecular weight is 256 g/mol. The van der Waals surface area contributed by atoms with Crippen molar-refractivity contribution >= 4 is 11.0 Å². The van der Waals surface area contributed by atoms with E-state index < -0.39 is 13.0 Å². The Kier molecular flexibility index (Phi) is 3.40. The minimum absolute atomic E-state index is 0.222. The van der Waals surface area contributed by atoms with Crippen LogP contribution in [0.15, 0.2) is 11.0 Å². The van der Waals surface area contributed by atoms with E-state index >= 15 is 0 Å². The summed E-state index contributed by atoms with van der Waals surface area (Å²) in [6.07, 6.45) is -0.647. The zero-order valence-electron chi connectivity index (χ0n) is 10.2. The van der Waals surface area contributed by atoms with Crippen LogP contribution in [-0.4, -0.2) is 25.8 Å². The minimum Gasteiger partial charge on any atom is -0.296 e. The van der Waals surface area contributed by atoms with Crippen molar-refractivity contribution in [1.29, 1.82) is 0 Å². The molecule has 2 rings (SSSR count). The standard InChI is InChI=1S/C11H14F2N4O/c1-3-9-15-10-7(11(18)16(9)4-2)5-14-17(10)6-8(12)13/h5,8H,3-4,6H2,1-2H3. The van der Waals surface area contributed by atoms with Gasteiger partial charge in [0, 0.05) is 13.0 Å². The molecule has 7 heteroatoms. The number of hydrogen-bond donors (Lipinski definition) is 0. The normalized spacial score (nSPS) is 11.6. The van der Waals surface area contributed by atoms with Gasteiger partial charge in [0.15, 0.2) is 5.65 Å². The number of hydrogen-bond acceptors (Lipinski definition) is 3. The molecule has 0 aliphatic rings. The Morgan fingerprint density at radius 2 is 2.11 bits per heavy atom. The maximum absolute atomic E-state index is 12.4. The third kappa shape index (κ3) is 2.00. The number of alkyl halides is 2. The highest BCUT2D eigenvalue weighted by molar-refractivity contribution is 5.73. The number of halogens is 2. The van der Waals surface area contributed by atoms with Gasteiger partial charge in [0.1, 0.15) is 17.8 Å². The second-order valence-electron chi connectivity index (χ2n) is 3.89. The van der Waals surface area contributed by atoms with E-state index in [1.807, 2.05) is 13.8 Å². The summed E-state index contributed by atoms with van der Waals surface area (Å²) in [7, 11) is 0. The van der Waals surface area contributed by atoms with E-state index in [-0.39, 0.29) is 16.6 Å². The van der Waals surface area contributed by atoms with E-state index in [0.29, 0.717) is 18.8 Å². The van der Waals surface area contributed by atoms with E-state index in [2.05, 4.69) is 10.1 Å². The van der Waals surface area contributed by atoms with Crippen LogP contribution in [0.2, 0.25) is 0 Å². The number of aromatic nitrogens is 4. The molecule has 0 saturated heterocycles. The molecule has 0 aromatic carbocycles. The van der Waals surface area contributed by atoms with Gasteiger partial charge in [0.2, 0.25) is 0 Å². The molecule has 18 heavy (non-hydrogen) atoms. The maximum Gasteiger partial charge on any atom is 0.264 e. The third-order valence-electron chi connectivity index (χ3n) is 2.78. The van der Waals surface area contributed by atoms with Gasteiger partial charge < -0.3 is 0 Å². The average Bonchev–Trinajstić information content (AvgIpc) is 2.71. The van der Waals surface area contributed by atoms with Gasteiger partial charge in [-0.2, -0.15) is 5.10 Å². The number of aryl methyl sites for hydroxylation is 1. The van der Waals surface area contributed by atoms with Crippen LogP contribution in [0.25, 0.3) is 11.0 Å². The van der Waals surface area contributed by atoms with Crippen molar-refractivity contribution in [3.05, 3.63) is 22.4 Å². The lowest BCUT2D eigenvalue weighted by molar-refractivity contribution is 0.123. The van der Waals surface area contributed by atoms with E-state index in [1.54, 1.807) is 0 Å². The molecule has 5 nitrogen and oxygen atoms in total.